The Labute approximate surface area is 113 Å². The maximum Gasteiger partial charge on any atom is 0.224 e. The molecule has 1 aliphatic carbocycles. The monoisotopic (exact) mass is 263 g/mol. The lowest BCUT2D eigenvalue weighted by atomic mass is 9.92. The maximum atomic E-state index is 12.0. The first-order valence-electron chi connectivity index (χ1n) is 6.80. The van der Waals surface area contributed by atoms with Crippen LogP contribution in [-0.2, 0) is 11.2 Å². The van der Waals surface area contributed by atoms with Crippen molar-refractivity contribution in [2.75, 3.05) is 7.11 Å². The van der Waals surface area contributed by atoms with E-state index in [0.29, 0.717) is 0 Å². The summed E-state index contributed by atoms with van der Waals surface area (Å²) in [5.74, 6) is 0.664. The van der Waals surface area contributed by atoms with E-state index in [-0.39, 0.29) is 18.4 Å². The Morgan fingerprint density at radius 2 is 2.11 bits per heavy atom. The molecule has 0 unspecified atom stereocenters. The molecule has 0 saturated heterocycles. The van der Waals surface area contributed by atoms with E-state index in [1.165, 1.54) is 0 Å². The molecule has 1 aliphatic rings. The third-order valence-corrected chi connectivity index (χ3v) is 3.62. The number of aliphatic hydroxyl groups excluding tert-OH is 1. The van der Waals surface area contributed by atoms with Crippen molar-refractivity contribution in [3.63, 3.8) is 0 Å². The summed E-state index contributed by atoms with van der Waals surface area (Å²) in [6.45, 7) is 0. The number of hydrogen-bond donors (Lipinski definition) is 2. The van der Waals surface area contributed by atoms with Gasteiger partial charge in [-0.2, -0.15) is 0 Å². The Hall–Kier alpha value is -1.55. The number of methoxy groups -OCH3 is 1. The summed E-state index contributed by atoms with van der Waals surface area (Å²) in [5.41, 5.74) is 0.868. The molecule has 1 aromatic rings. The first-order chi connectivity index (χ1) is 9.20. The van der Waals surface area contributed by atoms with Gasteiger partial charge in [-0.05, 0) is 18.9 Å². The predicted molar refractivity (Wildman–Crippen MR) is 73.1 cm³/mol. The van der Waals surface area contributed by atoms with Crippen molar-refractivity contribution in [1.29, 1.82) is 0 Å². The second kappa shape index (κ2) is 6.57. The Bertz CT molecular complexity index is 433. The van der Waals surface area contributed by atoms with Crippen LogP contribution < -0.4 is 10.1 Å². The molecule has 0 aliphatic heterocycles. The summed E-state index contributed by atoms with van der Waals surface area (Å²) in [5, 5.41) is 12.8. The van der Waals surface area contributed by atoms with Crippen LogP contribution in [0.4, 0.5) is 0 Å². The van der Waals surface area contributed by atoms with Crippen LogP contribution in [0.15, 0.2) is 24.3 Å². The van der Waals surface area contributed by atoms with Crippen LogP contribution in [0.25, 0.3) is 0 Å². The van der Waals surface area contributed by atoms with Gasteiger partial charge in [-0.25, -0.2) is 0 Å². The molecule has 104 valence electrons. The van der Waals surface area contributed by atoms with Gasteiger partial charge in [0.25, 0.3) is 0 Å². The fourth-order valence-electron chi connectivity index (χ4n) is 2.56. The molecule has 1 aromatic carbocycles. The number of ether oxygens (including phenoxy) is 1. The van der Waals surface area contributed by atoms with Crippen molar-refractivity contribution in [3.05, 3.63) is 29.8 Å². The Balaban J connectivity index is 1.93. The molecule has 0 spiro atoms. The van der Waals surface area contributed by atoms with Gasteiger partial charge in [-0.1, -0.05) is 31.0 Å². The first kappa shape index (κ1) is 13.9. The van der Waals surface area contributed by atoms with Crippen molar-refractivity contribution in [3.8, 4) is 5.75 Å². The summed E-state index contributed by atoms with van der Waals surface area (Å²) in [6, 6.07) is 7.40. The van der Waals surface area contributed by atoms with Crippen LogP contribution in [0.2, 0.25) is 0 Å². The molecule has 4 heteroatoms. The summed E-state index contributed by atoms with van der Waals surface area (Å²) >= 11 is 0. The average molecular weight is 263 g/mol. The van der Waals surface area contributed by atoms with Gasteiger partial charge < -0.3 is 15.2 Å². The van der Waals surface area contributed by atoms with Crippen LogP contribution in [0, 0.1) is 0 Å². The number of amides is 1. The lowest BCUT2D eigenvalue weighted by Crippen LogP contribution is -2.45. The molecule has 2 N–H and O–H groups in total. The first-order valence-corrected chi connectivity index (χ1v) is 6.80. The van der Waals surface area contributed by atoms with Gasteiger partial charge in [0.2, 0.25) is 5.91 Å². The molecule has 0 bridgehead atoms. The van der Waals surface area contributed by atoms with Gasteiger partial charge in [0.05, 0.1) is 25.7 Å². The summed E-state index contributed by atoms with van der Waals surface area (Å²) < 4.78 is 5.23. The van der Waals surface area contributed by atoms with Crippen LogP contribution >= 0.6 is 0 Å². The SMILES string of the molecule is COc1ccccc1CC(=O)N[C@H]1CCCC[C@@H]1O. The minimum atomic E-state index is -0.407. The molecule has 0 aromatic heterocycles. The highest BCUT2D eigenvalue weighted by Gasteiger charge is 2.24. The summed E-state index contributed by atoms with van der Waals surface area (Å²) in [7, 11) is 1.60. The van der Waals surface area contributed by atoms with Crippen LogP contribution in [0.5, 0.6) is 5.75 Å². The average Bonchev–Trinajstić information content (AvgIpc) is 2.42. The Morgan fingerprint density at radius 3 is 2.84 bits per heavy atom. The van der Waals surface area contributed by atoms with E-state index in [4.69, 9.17) is 4.74 Å². The maximum absolute atomic E-state index is 12.0. The van der Waals surface area contributed by atoms with E-state index in [1.54, 1.807) is 7.11 Å². The van der Waals surface area contributed by atoms with E-state index in [1.807, 2.05) is 24.3 Å². The normalized spacial score (nSPS) is 22.8. The van der Waals surface area contributed by atoms with Crippen molar-refractivity contribution >= 4 is 5.91 Å². The van der Waals surface area contributed by atoms with Gasteiger partial charge in [0.15, 0.2) is 0 Å². The fourth-order valence-corrected chi connectivity index (χ4v) is 2.56. The molecule has 2 atom stereocenters. The Morgan fingerprint density at radius 1 is 1.37 bits per heavy atom. The number of carbonyl (C=O) groups excluding carboxylic acids is 1. The van der Waals surface area contributed by atoms with E-state index in [0.717, 1.165) is 37.0 Å². The van der Waals surface area contributed by atoms with Crippen molar-refractivity contribution < 1.29 is 14.6 Å². The van der Waals surface area contributed by atoms with Gasteiger partial charge in [-0.15, -0.1) is 0 Å². The smallest absolute Gasteiger partial charge is 0.224 e. The molecule has 4 nitrogen and oxygen atoms in total. The van der Waals surface area contributed by atoms with Gasteiger partial charge >= 0.3 is 0 Å². The van der Waals surface area contributed by atoms with Gasteiger partial charge in [0.1, 0.15) is 5.75 Å². The third-order valence-electron chi connectivity index (χ3n) is 3.62. The van der Waals surface area contributed by atoms with E-state index < -0.39 is 6.10 Å². The van der Waals surface area contributed by atoms with Crippen molar-refractivity contribution in [1.82, 2.24) is 5.32 Å². The van der Waals surface area contributed by atoms with E-state index in [9.17, 15) is 9.90 Å². The second-order valence-corrected chi connectivity index (χ2v) is 5.01. The molecule has 0 heterocycles. The topological polar surface area (TPSA) is 58.6 Å². The number of benzene rings is 1. The molecular formula is C15H21NO3. The largest absolute Gasteiger partial charge is 0.496 e. The zero-order valence-electron chi connectivity index (χ0n) is 11.3. The number of para-hydroxylation sites is 1. The number of aliphatic hydroxyl groups is 1. The minimum absolute atomic E-state index is 0.0598. The molecule has 0 radical (unpaired) electrons. The molecule has 1 fully saturated rings. The highest BCUT2D eigenvalue weighted by Crippen LogP contribution is 2.20. The quantitative estimate of drug-likeness (QED) is 0.868. The molecule has 19 heavy (non-hydrogen) atoms. The lowest BCUT2D eigenvalue weighted by molar-refractivity contribution is -0.122. The summed E-state index contributed by atoms with van der Waals surface area (Å²) in [6.07, 6.45) is 3.62. The second-order valence-electron chi connectivity index (χ2n) is 5.01. The van der Waals surface area contributed by atoms with Crippen LogP contribution in [-0.4, -0.2) is 30.3 Å². The molecule has 2 rings (SSSR count). The zero-order valence-corrected chi connectivity index (χ0v) is 11.3. The fraction of sp³-hybridized carbons (Fsp3) is 0.533. The number of nitrogens with one attached hydrogen (secondary N) is 1. The summed E-state index contributed by atoms with van der Waals surface area (Å²) in [4.78, 5) is 12.0. The Kier molecular flexibility index (Phi) is 4.80. The van der Waals surface area contributed by atoms with E-state index >= 15 is 0 Å². The minimum Gasteiger partial charge on any atom is -0.496 e. The van der Waals surface area contributed by atoms with E-state index in [2.05, 4.69) is 5.32 Å². The molecule has 1 saturated carbocycles. The van der Waals surface area contributed by atoms with Crippen molar-refractivity contribution in [2.45, 2.75) is 44.2 Å². The standard InChI is InChI=1S/C15H21NO3/c1-19-14-9-5-2-6-11(14)10-15(18)16-12-7-3-4-8-13(12)17/h2,5-6,9,12-13,17H,3-4,7-8,10H2,1H3,(H,16,18)/t12-,13-/m0/s1. The molecule has 1 amide bonds. The highest BCUT2D eigenvalue weighted by atomic mass is 16.5. The van der Waals surface area contributed by atoms with Crippen LogP contribution in [0.3, 0.4) is 0 Å². The van der Waals surface area contributed by atoms with Crippen LogP contribution in [0.1, 0.15) is 31.2 Å². The van der Waals surface area contributed by atoms with Crippen molar-refractivity contribution in [2.24, 2.45) is 0 Å². The highest BCUT2D eigenvalue weighted by molar-refractivity contribution is 5.79. The van der Waals surface area contributed by atoms with Gasteiger partial charge in [-0.3, -0.25) is 4.79 Å². The zero-order chi connectivity index (χ0) is 13.7. The predicted octanol–water partition coefficient (Wildman–Crippen LogP) is 1.66. The number of rotatable bonds is 4. The number of hydrogen-bond acceptors (Lipinski definition) is 3. The lowest BCUT2D eigenvalue weighted by Gasteiger charge is -2.28. The van der Waals surface area contributed by atoms with Gasteiger partial charge in [0, 0.05) is 5.56 Å². The number of carbonyl (C=O) groups is 1. The third kappa shape index (κ3) is 3.70. The molecular weight excluding hydrogens is 242 g/mol.